The van der Waals surface area contributed by atoms with E-state index in [2.05, 4.69) is 16.9 Å². The molecule has 2 aromatic rings. The highest BCUT2D eigenvalue weighted by Crippen LogP contribution is 2.32. The molecule has 0 aliphatic carbocycles. The summed E-state index contributed by atoms with van der Waals surface area (Å²) in [5.74, 6) is 0.736. The lowest BCUT2D eigenvalue weighted by atomic mass is 9.96. The van der Waals surface area contributed by atoms with E-state index in [-0.39, 0.29) is 23.7 Å². The Morgan fingerprint density at radius 3 is 2.66 bits per heavy atom. The highest BCUT2D eigenvalue weighted by Gasteiger charge is 2.43. The Kier molecular flexibility index (Phi) is 7.83. The smallest absolute Gasteiger partial charge is 0.254 e. The zero-order valence-electron chi connectivity index (χ0n) is 20.8. The van der Waals surface area contributed by atoms with Gasteiger partial charge in [-0.05, 0) is 63.6 Å². The van der Waals surface area contributed by atoms with E-state index in [9.17, 15) is 13.2 Å². The highest BCUT2D eigenvalue weighted by atomic mass is 32.2. The summed E-state index contributed by atoms with van der Waals surface area (Å²) in [6.07, 6.45) is 2.69. The maximum absolute atomic E-state index is 13.6. The standard InChI is InChI=1S/C27H36N2O5S/c1-4-35(31,32)28-23-14-15-29-24(23)19-20-10-9-11-21(18-20)22-12-5-6-13-25(22)33-16-7-8-17-34-27(2,3)26(29)30/h5-6,9-13,18,23-24,28H,4,7-8,14-17,19H2,1-3H3. The molecule has 0 aromatic heterocycles. The second-order valence-electron chi connectivity index (χ2n) is 9.80. The largest absolute Gasteiger partial charge is 0.493 e. The average Bonchev–Trinajstić information content (AvgIpc) is 3.21. The average molecular weight is 501 g/mol. The zero-order chi connectivity index (χ0) is 25.1. The number of nitrogens with zero attached hydrogens (tertiary/aromatic N) is 1. The number of carbonyl (C=O) groups excluding carboxylic acids is 1. The lowest BCUT2D eigenvalue weighted by molar-refractivity contribution is -0.155. The number of benzene rings is 2. The molecule has 0 radical (unpaired) electrons. The van der Waals surface area contributed by atoms with Gasteiger partial charge in [0.1, 0.15) is 11.4 Å². The first-order valence-corrected chi connectivity index (χ1v) is 14.1. The van der Waals surface area contributed by atoms with Crippen LogP contribution in [-0.4, -0.2) is 62.4 Å². The molecule has 0 spiro atoms. The zero-order valence-corrected chi connectivity index (χ0v) is 21.6. The van der Waals surface area contributed by atoms with Crippen molar-refractivity contribution >= 4 is 15.9 Å². The van der Waals surface area contributed by atoms with E-state index in [0.717, 1.165) is 35.3 Å². The van der Waals surface area contributed by atoms with E-state index >= 15 is 0 Å². The summed E-state index contributed by atoms with van der Waals surface area (Å²) in [5, 5.41) is 0. The molecule has 4 rings (SSSR count). The molecule has 1 fully saturated rings. The first kappa shape index (κ1) is 25.7. The lowest BCUT2D eigenvalue weighted by Crippen LogP contribution is -2.53. The van der Waals surface area contributed by atoms with Crippen LogP contribution in [0.5, 0.6) is 5.75 Å². The summed E-state index contributed by atoms with van der Waals surface area (Å²) < 4.78 is 39.8. The molecular weight excluding hydrogens is 464 g/mol. The van der Waals surface area contributed by atoms with Crippen molar-refractivity contribution in [3.8, 4) is 16.9 Å². The molecule has 1 saturated heterocycles. The Morgan fingerprint density at radius 1 is 1.09 bits per heavy atom. The Hall–Kier alpha value is -2.42. The number of hydrogen-bond donors (Lipinski definition) is 1. The van der Waals surface area contributed by atoms with Crippen molar-refractivity contribution in [2.24, 2.45) is 0 Å². The van der Waals surface area contributed by atoms with Gasteiger partial charge in [0.05, 0.1) is 18.4 Å². The van der Waals surface area contributed by atoms with E-state index in [1.165, 1.54) is 0 Å². The van der Waals surface area contributed by atoms with Crippen LogP contribution in [0.4, 0.5) is 0 Å². The first-order valence-electron chi connectivity index (χ1n) is 12.5. The third-order valence-corrected chi connectivity index (χ3v) is 8.28. The van der Waals surface area contributed by atoms with Gasteiger partial charge >= 0.3 is 0 Å². The quantitative estimate of drug-likeness (QED) is 0.694. The van der Waals surface area contributed by atoms with Crippen LogP contribution in [0.25, 0.3) is 11.1 Å². The van der Waals surface area contributed by atoms with E-state index in [4.69, 9.17) is 9.47 Å². The van der Waals surface area contributed by atoms with Gasteiger partial charge in [0, 0.05) is 24.8 Å². The van der Waals surface area contributed by atoms with Gasteiger partial charge in [-0.25, -0.2) is 13.1 Å². The van der Waals surface area contributed by atoms with Gasteiger partial charge in [0.15, 0.2) is 0 Å². The van der Waals surface area contributed by atoms with E-state index in [1.807, 2.05) is 41.3 Å². The van der Waals surface area contributed by atoms with Crippen LogP contribution in [0, 0.1) is 0 Å². The molecule has 2 unspecified atom stereocenters. The van der Waals surface area contributed by atoms with E-state index < -0.39 is 15.6 Å². The fourth-order valence-electron chi connectivity index (χ4n) is 4.87. The summed E-state index contributed by atoms with van der Waals surface area (Å²) in [5.41, 5.74) is 2.09. The van der Waals surface area contributed by atoms with Crippen molar-refractivity contribution in [3.05, 3.63) is 54.1 Å². The van der Waals surface area contributed by atoms with Crippen molar-refractivity contribution in [1.82, 2.24) is 9.62 Å². The van der Waals surface area contributed by atoms with Crippen LogP contribution in [0.15, 0.2) is 48.5 Å². The number of hydrogen-bond acceptors (Lipinski definition) is 5. The molecular formula is C27H36N2O5S. The monoisotopic (exact) mass is 500 g/mol. The van der Waals surface area contributed by atoms with Gasteiger partial charge in [-0.3, -0.25) is 4.79 Å². The molecule has 2 aromatic carbocycles. The van der Waals surface area contributed by atoms with Crippen LogP contribution in [0.1, 0.15) is 45.6 Å². The second-order valence-corrected chi connectivity index (χ2v) is 11.8. The third kappa shape index (κ3) is 6.05. The summed E-state index contributed by atoms with van der Waals surface area (Å²) >= 11 is 0. The number of sulfonamides is 1. The fourth-order valence-corrected chi connectivity index (χ4v) is 5.77. The molecule has 190 valence electrons. The topological polar surface area (TPSA) is 84.9 Å². The number of rotatable bonds is 3. The summed E-state index contributed by atoms with van der Waals surface area (Å²) in [7, 11) is -3.42. The number of amides is 1. The fraction of sp³-hybridized carbons (Fsp3) is 0.519. The van der Waals surface area contributed by atoms with Gasteiger partial charge in [0.25, 0.3) is 5.91 Å². The normalized spacial score (nSPS) is 23.3. The molecule has 1 amide bonds. The Balaban J connectivity index is 1.73. The molecule has 2 bridgehead atoms. The summed E-state index contributed by atoms with van der Waals surface area (Å²) in [4.78, 5) is 15.4. The lowest BCUT2D eigenvalue weighted by Gasteiger charge is -2.35. The number of carbonyl (C=O) groups is 1. The van der Waals surface area contributed by atoms with Crippen LogP contribution in [-0.2, 0) is 26.0 Å². The van der Waals surface area contributed by atoms with Crippen molar-refractivity contribution in [1.29, 1.82) is 0 Å². The van der Waals surface area contributed by atoms with Crippen molar-refractivity contribution in [2.75, 3.05) is 25.5 Å². The molecule has 2 aliphatic heterocycles. The Morgan fingerprint density at radius 2 is 1.86 bits per heavy atom. The number of ether oxygens (including phenoxy) is 2. The van der Waals surface area contributed by atoms with E-state index in [0.29, 0.717) is 32.6 Å². The van der Waals surface area contributed by atoms with Gasteiger partial charge < -0.3 is 14.4 Å². The molecule has 8 heteroatoms. The van der Waals surface area contributed by atoms with E-state index in [1.54, 1.807) is 20.8 Å². The Labute approximate surface area is 208 Å². The molecule has 1 N–H and O–H groups in total. The van der Waals surface area contributed by atoms with Crippen LogP contribution in [0.2, 0.25) is 0 Å². The van der Waals surface area contributed by atoms with Gasteiger partial charge in [-0.15, -0.1) is 0 Å². The first-order chi connectivity index (χ1) is 16.7. The maximum atomic E-state index is 13.6. The molecule has 0 saturated carbocycles. The van der Waals surface area contributed by atoms with Crippen molar-refractivity contribution in [3.63, 3.8) is 0 Å². The number of nitrogens with one attached hydrogen (secondary N) is 1. The van der Waals surface area contributed by atoms with Crippen LogP contribution >= 0.6 is 0 Å². The summed E-state index contributed by atoms with van der Waals surface area (Å²) in [6.45, 7) is 6.73. The molecule has 2 atom stereocenters. The minimum Gasteiger partial charge on any atom is -0.493 e. The second kappa shape index (κ2) is 10.7. The molecule has 2 heterocycles. The predicted molar refractivity (Wildman–Crippen MR) is 137 cm³/mol. The molecule has 2 aliphatic rings. The Bertz CT molecular complexity index is 1150. The number of para-hydroxylation sites is 1. The maximum Gasteiger partial charge on any atom is 0.254 e. The predicted octanol–water partition coefficient (Wildman–Crippen LogP) is 3.77. The van der Waals surface area contributed by atoms with Gasteiger partial charge in [0.2, 0.25) is 10.0 Å². The van der Waals surface area contributed by atoms with Gasteiger partial charge in [-0.1, -0.05) is 42.5 Å². The molecule has 35 heavy (non-hydrogen) atoms. The minimum atomic E-state index is -3.42. The summed E-state index contributed by atoms with van der Waals surface area (Å²) in [6, 6.07) is 15.6. The van der Waals surface area contributed by atoms with Crippen molar-refractivity contribution < 1.29 is 22.7 Å². The SMILES string of the molecule is CCS(=O)(=O)NC1CCN2C(=O)C(C)(C)OCCCCOc3ccccc3-c3cccc(c3)CC12. The van der Waals surface area contributed by atoms with Gasteiger partial charge in [-0.2, -0.15) is 0 Å². The van der Waals surface area contributed by atoms with Crippen molar-refractivity contribution in [2.45, 2.75) is 64.1 Å². The number of fused-ring (bicyclic) bond motifs is 5. The van der Waals surface area contributed by atoms with Crippen LogP contribution < -0.4 is 9.46 Å². The molecule has 7 nitrogen and oxygen atoms in total. The third-order valence-electron chi connectivity index (χ3n) is 6.86. The highest BCUT2D eigenvalue weighted by molar-refractivity contribution is 7.89. The minimum absolute atomic E-state index is 0.00500. The van der Waals surface area contributed by atoms with Crippen LogP contribution in [0.3, 0.4) is 0 Å².